The van der Waals surface area contributed by atoms with E-state index in [2.05, 4.69) is 45.5 Å². The van der Waals surface area contributed by atoms with Gasteiger partial charge in [0.25, 0.3) is 0 Å². The van der Waals surface area contributed by atoms with Crippen molar-refractivity contribution in [2.24, 2.45) is 0 Å². The Morgan fingerprint density at radius 3 is 2.60 bits per heavy atom. The predicted octanol–water partition coefficient (Wildman–Crippen LogP) is 4.35. The normalized spacial score (nSPS) is 12.3. The van der Waals surface area contributed by atoms with Crippen LogP contribution < -0.4 is 5.32 Å². The Labute approximate surface area is 128 Å². The van der Waals surface area contributed by atoms with E-state index in [9.17, 15) is 4.39 Å². The maximum Gasteiger partial charge on any atom is 0.123 e. The van der Waals surface area contributed by atoms with Gasteiger partial charge in [0.2, 0.25) is 0 Å². The van der Waals surface area contributed by atoms with Crippen molar-refractivity contribution >= 4 is 15.9 Å². The third-order valence-electron chi connectivity index (χ3n) is 3.51. The summed E-state index contributed by atoms with van der Waals surface area (Å²) in [6.07, 6.45) is 2.88. The molecule has 0 saturated carbocycles. The van der Waals surface area contributed by atoms with E-state index in [-0.39, 0.29) is 5.82 Å². The third kappa shape index (κ3) is 4.43. The first-order valence-electron chi connectivity index (χ1n) is 6.84. The summed E-state index contributed by atoms with van der Waals surface area (Å²) in [5.74, 6) is -0.180. The number of likely N-dealkylation sites (N-methyl/N-ethyl adjacent to an activating group) is 1. The van der Waals surface area contributed by atoms with Crippen molar-refractivity contribution in [3.05, 3.63) is 69.9 Å². The summed E-state index contributed by atoms with van der Waals surface area (Å²) >= 11 is 3.49. The van der Waals surface area contributed by atoms with E-state index < -0.39 is 0 Å². The molecule has 20 heavy (non-hydrogen) atoms. The maximum absolute atomic E-state index is 13.3. The lowest BCUT2D eigenvalue weighted by Crippen LogP contribution is -2.28. The molecule has 1 nitrogen and oxygen atoms in total. The SMILES string of the molecule is CNC(CCc1ccccc1)Cc1cc(F)ccc1Br. The number of halogens is 2. The quantitative estimate of drug-likeness (QED) is 0.827. The zero-order valence-corrected chi connectivity index (χ0v) is 13.2. The number of nitrogens with one attached hydrogen (secondary N) is 1. The molecule has 1 unspecified atom stereocenters. The molecule has 0 aromatic heterocycles. The summed E-state index contributed by atoms with van der Waals surface area (Å²) in [5, 5.41) is 3.32. The minimum Gasteiger partial charge on any atom is -0.317 e. The van der Waals surface area contributed by atoms with Gasteiger partial charge < -0.3 is 5.32 Å². The van der Waals surface area contributed by atoms with Crippen LogP contribution in [0.2, 0.25) is 0 Å². The average Bonchev–Trinajstić information content (AvgIpc) is 2.48. The highest BCUT2D eigenvalue weighted by molar-refractivity contribution is 9.10. The Morgan fingerprint density at radius 1 is 1.15 bits per heavy atom. The summed E-state index contributed by atoms with van der Waals surface area (Å²) in [6.45, 7) is 0. The maximum atomic E-state index is 13.3. The van der Waals surface area contributed by atoms with Crippen LogP contribution in [-0.2, 0) is 12.8 Å². The molecule has 0 bridgehead atoms. The number of hydrogen-bond acceptors (Lipinski definition) is 1. The number of benzene rings is 2. The number of hydrogen-bond donors (Lipinski definition) is 1. The molecule has 0 aliphatic rings. The summed E-state index contributed by atoms with van der Waals surface area (Å²) in [4.78, 5) is 0. The van der Waals surface area contributed by atoms with Crippen molar-refractivity contribution < 1.29 is 4.39 Å². The molecule has 0 aliphatic heterocycles. The Balaban J connectivity index is 1.97. The topological polar surface area (TPSA) is 12.0 Å². The van der Waals surface area contributed by atoms with E-state index in [1.165, 1.54) is 11.6 Å². The lowest BCUT2D eigenvalue weighted by molar-refractivity contribution is 0.517. The first-order valence-corrected chi connectivity index (χ1v) is 7.63. The van der Waals surface area contributed by atoms with Crippen LogP contribution in [0.15, 0.2) is 53.0 Å². The standard InChI is InChI=1S/C17H19BrFN/c1-20-16(9-7-13-5-3-2-4-6-13)12-14-11-15(19)8-10-17(14)18/h2-6,8,10-11,16,20H,7,9,12H2,1H3. The van der Waals surface area contributed by atoms with Crippen LogP contribution >= 0.6 is 15.9 Å². The van der Waals surface area contributed by atoms with Gasteiger partial charge in [-0.3, -0.25) is 0 Å². The Bertz CT molecular complexity index is 542. The molecule has 2 rings (SSSR count). The minimum atomic E-state index is -0.180. The lowest BCUT2D eigenvalue weighted by Gasteiger charge is -2.17. The molecule has 0 amide bonds. The molecule has 0 aliphatic carbocycles. The molecule has 2 aromatic carbocycles. The lowest BCUT2D eigenvalue weighted by atomic mass is 9.99. The van der Waals surface area contributed by atoms with Gasteiger partial charge in [-0.25, -0.2) is 4.39 Å². The van der Waals surface area contributed by atoms with Crippen LogP contribution in [0.4, 0.5) is 4.39 Å². The molecule has 1 N–H and O–H groups in total. The van der Waals surface area contributed by atoms with E-state index in [4.69, 9.17) is 0 Å². The second-order valence-electron chi connectivity index (χ2n) is 4.95. The highest BCUT2D eigenvalue weighted by atomic mass is 79.9. The molecule has 1 atom stereocenters. The van der Waals surface area contributed by atoms with E-state index >= 15 is 0 Å². The zero-order valence-electron chi connectivity index (χ0n) is 11.6. The summed E-state index contributed by atoms with van der Waals surface area (Å²) in [5.41, 5.74) is 2.35. The second-order valence-corrected chi connectivity index (χ2v) is 5.80. The molecular weight excluding hydrogens is 317 g/mol. The Morgan fingerprint density at radius 2 is 1.90 bits per heavy atom. The van der Waals surface area contributed by atoms with Gasteiger partial charge in [-0.2, -0.15) is 0 Å². The fourth-order valence-electron chi connectivity index (χ4n) is 2.30. The molecule has 3 heteroatoms. The average molecular weight is 336 g/mol. The van der Waals surface area contributed by atoms with Crippen LogP contribution in [0.3, 0.4) is 0 Å². The number of aryl methyl sites for hydroxylation is 1. The predicted molar refractivity (Wildman–Crippen MR) is 85.4 cm³/mol. The largest absolute Gasteiger partial charge is 0.317 e. The van der Waals surface area contributed by atoms with Gasteiger partial charge in [-0.05, 0) is 55.6 Å². The van der Waals surface area contributed by atoms with Crippen molar-refractivity contribution in [3.8, 4) is 0 Å². The number of rotatable bonds is 6. The van der Waals surface area contributed by atoms with Gasteiger partial charge >= 0.3 is 0 Å². The van der Waals surface area contributed by atoms with Crippen molar-refractivity contribution in [2.75, 3.05) is 7.05 Å². The minimum absolute atomic E-state index is 0.180. The monoisotopic (exact) mass is 335 g/mol. The fraction of sp³-hybridized carbons (Fsp3) is 0.294. The highest BCUT2D eigenvalue weighted by Gasteiger charge is 2.10. The van der Waals surface area contributed by atoms with Crippen molar-refractivity contribution in [1.82, 2.24) is 5.32 Å². The Kier molecular flexibility index (Phi) is 5.74. The smallest absolute Gasteiger partial charge is 0.123 e. The van der Waals surface area contributed by atoms with Crippen LogP contribution in [0.5, 0.6) is 0 Å². The van der Waals surface area contributed by atoms with E-state index in [1.54, 1.807) is 12.1 Å². The summed E-state index contributed by atoms with van der Waals surface area (Å²) in [7, 11) is 1.96. The molecule has 0 spiro atoms. The van der Waals surface area contributed by atoms with Gasteiger partial charge in [0.1, 0.15) is 5.82 Å². The van der Waals surface area contributed by atoms with E-state index in [0.29, 0.717) is 6.04 Å². The summed E-state index contributed by atoms with van der Waals surface area (Å²) in [6, 6.07) is 15.6. The molecule has 0 fully saturated rings. The van der Waals surface area contributed by atoms with E-state index in [1.807, 2.05) is 13.1 Å². The van der Waals surface area contributed by atoms with Crippen molar-refractivity contribution in [1.29, 1.82) is 0 Å². The van der Waals surface area contributed by atoms with Gasteiger partial charge in [0.15, 0.2) is 0 Å². The van der Waals surface area contributed by atoms with Crippen molar-refractivity contribution in [2.45, 2.75) is 25.3 Å². The van der Waals surface area contributed by atoms with Crippen LogP contribution in [0.1, 0.15) is 17.5 Å². The van der Waals surface area contributed by atoms with Crippen LogP contribution in [-0.4, -0.2) is 13.1 Å². The van der Waals surface area contributed by atoms with Crippen LogP contribution in [0, 0.1) is 5.82 Å². The third-order valence-corrected chi connectivity index (χ3v) is 4.28. The van der Waals surface area contributed by atoms with Gasteiger partial charge in [-0.15, -0.1) is 0 Å². The second kappa shape index (κ2) is 7.55. The first kappa shape index (κ1) is 15.2. The zero-order chi connectivity index (χ0) is 14.4. The molecule has 0 heterocycles. The van der Waals surface area contributed by atoms with Crippen LogP contribution in [0.25, 0.3) is 0 Å². The molecule has 2 aromatic rings. The Hall–Kier alpha value is -1.19. The van der Waals surface area contributed by atoms with E-state index in [0.717, 1.165) is 29.3 Å². The van der Waals surface area contributed by atoms with Gasteiger partial charge in [0.05, 0.1) is 0 Å². The van der Waals surface area contributed by atoms with Crippen molar-refractivity contribution in [3.63, 3.8) is 0 Å². The fourth-order valence-corrected chi connectivity index (χ4v) is 2.71. The molecule has 106 valence electrons. The van der Waals surface area contributed by atoms with Gasteiger partial charge in [0, 0.05) is 10.5 Å². The molecule has 0 saturated heterocycles. The first-order chi connectivity index (χ1) is 9.69. The highest BCUT2D eigenvalue weighted by Crippen LogP contribution is 2.20. The summed E-state index contributed by atoms with van der Waals surface area (Å²) < 4.78 is 14.3. The van der Waals surface area contributed by atoms with Gasteiger partial charge in [-0.1, -0.05) is 46.3 Å². The molecule has 0 radical (unpaired) electrons. The molecular formula is C17H19BrFN.